The van der Waals surface area contributed by atoms with Crippen LogP contribution in [0, 0.1) is 20.8 Å². The van der Waals surface area contributed by atoms with Crippen LogP contribution in [0.5, 0.6) is 0 Å². The number of carbonyl (C=O) groups excluding carboxylic acids is 1. The summed E-state index contributed by atoms with van der Waals surface area (Å²) in [6, 6.07) is 16.1. The molecule has 0 spiro atoms. The molecule has 0 aliphatic heterocycles. The molecule has 0 atom stereocenters. The van der Waals surface area contributed by atoms with E-state index < -0.39 is 0 Å². The number of carbonyl (C=O) groups is 1. The maximum Gasteiger partial charge on any atom is 0.278 e. The zero-order valence-corrected chi connectivity index (χ0v) is 16.6. The molecule has 4 aromatic rings. The van der Waals surface area contributed by atoms with Gasteiger partial charge in [-0.1, -0.05) is 48.0 Å². The number of nitrogens with one attached hydrogen (secondary N) is 1. The first-order valence-electron chi connectivity index (χ1n) is 9.39. The van der Waals surface area contributed by atoms with E-state index in [9.17, 15) is 4.79 Å². The molecule has 0 saturated heterocycles. The molecule has 1 amide bonds. The summed E-state index contributed by atoms with van der Waals surface area (Å²) in [7, 11) is 0. The summed E-state index contributed by atoms with van der Waals surface area (Å²) in [5.41, 5.74) is 5.69. The molecule has 7 heteroatoms. The Bertz CT molecular complexity index is 1160. The highest BCUT2D eigenvalue weighted by Crippen LogP contribution is 2.16. The smallest absolute Gasteiger partial charge is 0.278 e. The maximum atomic E-state index is 12.7. The number of benzene rings is 2. The lowest BCUT2D eigenvalue weighted by atomic mass is 10.1. The lowest BCUT2D eigenvalue weighted by Crippen LogP contribution is -2.14. The minimum Gasteiger partial charge on any atom is -0.318 e. The van der Waals surface area contributed by atoms with E-state index >= 15 is 0 Å². The standard InChI is InChI=1S/C22H22N6O/c1-15-9-10-20(16(2)11-15)28-25-17(3)21(26-28)22(29)24-19-12-23-27(14-19)13-18-7-5-4-6-8-18/h4-12,14H,13H2,1-3H3,(H,24,29). The molecule has 2 aromatic carbocycles. The van der Waals surface area contributed by atoms with Gasteiger partial charge in [0.2, 0.25) is 0 Å². The van der Waals surface area contributed by atoms with Crippen LogP contribution in [-0.2, 0) is 6.54 Å². The summed E-state index contributed by atoms with van der Waals surface area (Å²) in [5.74, 6) is -0.308. The Morgan fingerprint density at radius 1 is 1.03 bits per heavy atom. The van der Waals surface area contributed by atoms with Crippen molar-refractivity contribution in [1.29, 1.82) is 0 Å². The minimum atomic E-state index is -0.308. The van der Waals surface area contributed by atoms with Gasteiger partial charge in [-0.2, -0.15) is 15.0 Å². The molecule has 29 heavy (non-hydrogen) atoms. The number of hydrogen-bond acceptors (Lipinski definition) is 4. The van der Waals surface area contributed by atoms with Crippen LogP contribution in [0.4, 0.5) is 5.69 Å². The van der Waals surface area contributed by atoms with E-state index in [4.69, 9.17) is 0 Å². The van der Waals surface area contributed by atoms with Crippen molar-refractivity contribution in [2.75, 3.05) is 5.32 Å². The normalized spacial score (nSPS) is 10.9. The van der Waals surface area contributed by atoms with Gasteiger partial charge in [-0.3, -0.25) is 9.48 Å². The van der Waals surface area contributed by atoms with Gasteiger partial charge in [0.15, 0.2) is 5.69 Å². The van der Waals surface area contributed by atoms with Crippen molar-refractivity contribution in [2.45, 2.75) is 27.3 Å². The molecule has 146 valence electrons. The SMILES string of the molecule is Cc1ccc(-n2nc(C)c(C(=O)Nc3cnn(Cc4ccccc4)c3)n2)c(C)c1. The Morgan fingerprint density at radius 3 is 2.59 bits per heavy atom. The molecule has 0 bridgehead atoms. The largest absolute Gasteiger partial charge is 0.318 e. The third-order valence-corrected chi connectivity index (χ3v) is 4.64. The molecule has 7 nitrogen and oxygen atoms in total. The Balaban J connectivity index is 1.50. The summed E-state index contributed by atoms with van der Waals surface area (Å²) in [4.78, 5) is 14.2. The predicted octanol–water partition coefficient (Wildman–Crippen LogP) is 3.69. The van der Waals surface area contributed by atoms with Gasteiger partial charge in [0.1, 0.15) is 0 Å². The average Bonchev–Trinajstić information content (AvgIpc) is 3.29. The molecule has 1 N–H and O–H groups in total. The van der Waals surface area contributed by atoms with E-state index in [1.807, 2.05) is 56.3 Å². The lowest BCUT2D eigenvalue weighted by molar-refractivity contribution is 0.102. The van der Waals surface area contributed by atoms with E-state index in [2.05, 4.69) is 26.7 Å². The fraction of sp³-hybridized carbons (Fsp3) is 0.182. The van der Waals surface area contributed by atoms with Crippen LogP contribution in [0.3, 0.4) is 0 Å². The van der Waals surface area contributed by atoms with Crippen molar-refractivity contribution in [3.05, 3.63) is 89.0 Å². The van der Waals surface area contributed by atoms with Gasteiger partial charge in [0, 0.05) is 6.20 Å². The highest BCUT2D eigenvalue weighted by atomic mass is 16.2. The van der Waals surface area contributed by atoms with Gasteiger partial charge in [-0.05, 0) is 38.0 Å². The summed E-state index contributed by atoms with van der Waals surface area (Å²) >= 11 is 0. The number of aryl methyl sites for hydroxylation is 3. The van der Waals surface area contributed by atoms with E-state index in [0.717, 1.165) is 16.8 Å². The molecule has 0 aliphatic carbocycles. The van der Waals surface area contributed by atoms with Crippen molar-refractivity contribution < 1.29 is 4.79 Å². The summed E-state index contributed by atoms with van der Waals surface area (Å²) in [6.45, 7) is 6.46. The molecule has 0 saturated carbocycles. The number of nitrogens with zero attached hydrogens (tertiary/aromatic N) is 5. The highest BCUT2D eigenvalue weighted by molar-refractivity contribution is 6.03. The van der Waals surface area contributed by atoms with Gasteiger partial charge >= 0.3 is 0 Å². The van der Waals surface area contributed by atoms with Crippen LogP contribution in [0.25, 0.3) is 5.69 Å². The molecule has 0 fully saturated rings. The van der Waals surface area contributed by atoms with E-state index in [0.29, 0.717) is 23.6 Å². The van der Waals surface area contributed by atoms with Gasteiger partial charge < -0.3 is 5.32 Å². The third kappa shape index (κ3) is 4.08. The van der Waals surface area contributed by atoms with Gasteiger partial charge in [-0.15, -0.1) is 5.10 Å². The molecular formula is C22H22N6O. The number of hydrogen-bond donors (Lipinski definition) is 1. The number of rotatable bonds is 5. The minimum absolute atomic E-state index is 0.292. The third-order valence-electron chi connectivity index (χ3n) is 4.64. The molecule has 0 radical (unpaired) electrons. The summed E-state index contributed by atoms with van der Waals surface area (Å²) < 4.78 is 1.78. The van der Waals surface area contributed by atoms with Crippen molar-refractivity contribution in [3.63, 3.8) is 0 Å². The molecule has 2 aromatic heterocycles. The quantitative estimate of drug-likeness (QED) is 0.567. The van der Waals surface area contributed by atoms with Crippen molar-refractivity contribution in [2.24, 2.45) is 0 Å². The van der Waals surface area contributed by atoms with Crippen LogP contribution in [-0.4, -0.2) is 30.7 Å². The van der Waals surface area contributed by atoms with E-state index in [1.54, 1.807) is 24.0 Å². The predicted molar refractivity (Wildman–Crippen MR) is 111 cm³/mol. The van der Waals surface area contributed by atoms with Crippen LogP contribution in [0.2, 0.25) is 0 Å². The summed E-state index contributed by atoms with van der Waals surface area (Å²) in [6.07, 6.45) is 3.43. The second-order valence-corrected chi connectivity index (χ2v) is 7.08. The Kier molecular flexibility index (Phi) is 4.95. The van der Waals surface area contributed by atoms with Crippen molar-refractivity contribution >= 4 is 11.6 Å². The Morgan fingerprint density at radius 2 is 1.83 bits per heavy atom. The van der Waals surface area contributed by atoms with Crippen LogP contribution in [0.15, 0.2) is 60.9 Å². The van der Waals surface area contributed by atoms with E-state index in [-0.39, 0.29) is 5.91 Å². The van der Waals surface area contributed by atoms with Crippen LogP contribution >= 0.6 is 0 Å². The molecule has 0 aliphatic rings. The Hall–Kier alpha value is -3.74. The van der Waals surface area contributed by atoms with Crippen molar-refractivity contribution in [1.82, 2.24) is 24.8 Å². The maximum absolute atomic E-state index is 12.7. The topological polar surface area (TPSA) is 77.6 Å². The lowest BCUT2D eigenvalue weighted by Gasteiger charge is -2.05. The zero-order chi connectivity index (χ0) is 20.4. The van der Waals surface area contributed by atoms with Crippen LogP contribution < -0.4 is 5.32 Å². The fourth-order valence-electron chi connectivity index (χ4n) is 3.20. The van der Waals surface area contributed by atoms with Crippen molar-refractivity contribution in [3.8, 4) is 5.69 Å². The monoisotopic (exact) mass is 386 g/mol. The fourth-order valence-corrected chi connectivity index (χ4v) is 3.20. The van der Waals surface area contributed by atoms with Crippen LogP contribution in [0.1, 0.15) is 32.9 Å². The first-order chi connectivity index (χ1) is 14.0. The Labute approximate surface area is 169 Å². The molecule has 2 heterocycles. The number of amides is 1. The zero-order valence-electron chi connectivity index (χ0n) is 16.6. The van der Waals surface area contributed by atoms with Gasteiger partial charge in [0.25, 0.3) is 5.91 Å². The van der Waals surface area contributed by atoms with Gasteiger partial charge in [-0.25, -0.2) is 0 Å². The summed E-state index contributed by atoms with van der Waals surface area (Å²) in [5, 5.41) is 16.0. The average molecular weight is 386 g/mol. The first kappa shape index (κ1) is 18.6. The molecular weight excluding hydrogens is 364 g/mol. The highest BCUT2D eigenvalue weighted by Gasteiger charge is 2.18. The van der Waals surface area contributed by atoms with Gasteiger partial charge in [0.05, 0.1) is 29.8 Å². The molecule has 4 rings (SSSR count). The van der Waals surface area contributed by atoms with E-state index in [1.165, 1.54) is 10.4 Å². The molecule has 0 unspecified atom stereocenters. The first-order valence-corrected chi connectivity index (χ1v) is 9.39. The number of aromatic nitrogens is 5. The number of anilines is 1. The second kappa shape index (κ2) is 7.71. The second-order valence-electron chi connectivity index (χ2n) is 7.08.